The minimum Gasteiger partial charge on any atom is -0.279 e. The van der Waals surface area contributed by atoms with Crippen LogP contribution in [-0.4, -0.2) is 18.0 Å². The summed E-state index contributed by atoms with van der Waals surface area (Å²) in [4.78, 5) is 17.7. The van der Waals surface area contributed by atoms with Gasteiger partial charge >= 0.3 is 0 Å². The van der Waals surface area contributed by atoms with Crippen LogP contribution in [-0.2, 0) is 10.0 Å². The van der Waals surface area contributed by atoms with Gasteiger partial charge in [-0.2, -0.15) is 0 Å². The lowest BCUT2D eigenvalue weighted by Gasteiger charge is -2.15. The maximum atomic E-state index is 13.0. The second-order valence-electron chi connectivity index (χ2n) is 6.73. The predicted octanol–water partition coefficient (Wildman–Crippen LogP) is 3.80. The Bertz CT molecular complexity index is 1380. The Morgan fingerprint density at radius 1 is 0.897 bits per heavy atom. The number of benzene rings is 3. The lowest BCUT2D eigenvalue weighted by molar-refractivity contribution is 0.601. The average Bonchev–Trinajstić information content (AvgIpc) is 2.70. The monoisotopic (exact) mass is 405 g/mol. The molecular weight excluding hydrogens is 386 g/mol. The average molecular weight is 405 g/mol. The topological polar surface area (TPSA) is 81.1 Å². The maximum Gasteiger partial charge on any atom is 0.265 e. The third kappa shape index (κ3) is 3.52. The summed E-state index contributed by atoms with van der Waals surface area (Å²) < 4.78 is 29.3. The maximum absolute atomic E-state index is 13.0. The zero-order chi connectivity index (χ0) is 20.6. The normalized spacial score (nSPS) is 11.5. The highest BCUT2D eigenvalue weighted by Crippen LogP contribution is 2.23. The zero-order valence-electron chi connectivity index (χ0n) is 16.0. The van der Waals surface area contributed by atoms with Gasteiger partial charge in [0.2, 0.25) is 0 Å². The molecule has 3 aromatic carbocycles. The van der Waals surface area contributed by atoms with Crippen molar-refractivity contribution in [3.8, 4) is 5.69 Å². The first kappa shape index (κ1) is 18.9. The number of anilines is 1. The van der Waals surface area contributed by atoms with Gasteiger partial charge in [0.05, 0.1) is 27.2 Å². The minimum absolute atomic E-state index is 0.162. The van der Waals surface area contributed by atoms with Gasteiger partial charge in [0.15, 0.2) is 0 Å². The van der Waals surface area contributed by atoms with Crippen LogP contribution in [0.3, 0.4) is 0 Å². The van der Waals surface area contributed by atoms with E-state index in [-0.39, 0.29) is 10.5 Å². The van der Waals surface area contributed by atoms with Gasteiger partial charge in [-0.05, 0) is 61.9 Å². The quantitative estimate of drug-likeness (QED) is 0.560. The van der Waals surface area contributed by atoms with E-state index < -0.39 is 10.0 Å². The number of rotatable bonds is 4. The molecule has 0 saturated carbocycles. The van der Waals surface area contributed by atoms with Crippen LogP contribution < -0.4 is 10.3 Å². The van der Waals surface area contributed by atoms with Crippen molar-refractivity contribution in [2.75, 3.05) is 4.72 Å². The fourth-order valence-corrected chi connectivity index (χ4v) is 4.40. The molecule has 29 heavy (non-hydrogen) atoms. The van der Waals surface area contributed by atoms with E-state index in [9.17, 15) is 13.2 Å². The van der Waals surface area contributed by atoms with Crippen molar-refractivity contribution < 1.29 is 8.42 Å². The molecule has 146 valence electrons. The predicted molar refractivity (Wildman–Crippen MR) is 114 cm³/mol. The van der Waals surface area contributed by atoms with Crippen molar-refractivity contribution in [3.05, 3.63) is 94.5 Å². The van der Waals surface area contributed by atoms with Gasteiger partial charge in [-0.15, -0.1) is 0 Å². The second-order valence-corrected chi connectivity index (χ2v) is 8.42. The molecule has 0 radical (unpaired) electrons. The molecule has 0 aliphatic heterocycles. The van der Waals surface area contributed by atoms with E-state index in [0.717, 1.165) is 0 Å². The Labute approximate surface area is 168 Å². The van der Waals surface area contributed by atoms with E-state index in [1.54, 1.807) is 68.4 Å². The number of aromatic nitrogens is 2. The fourth-order valence-electron chi connectivity index (χ4n) is 3.25. The first-order valence-electron chi connectivity index (χ1n) is 9.04. The molecule has 1 aromatic heterocycles. The largest absolute Gasteiger partial charge is 0.279 e. The summed E-state index contributed by atoms with van der Waals surface area (Å²) in [5, 5.41) is 0.532. The molecule has 0 fully saturated rings. The standard InChI is InChI=1S/C22H19N3O3S/c1-15-14-17(25-16(2)23-21-11-7-6-10-19(21)22(25)26)12-13-20(15)24-29(27,28)18-8-4-3-5-9-18/h3-14,24H,1-2H3. The molecular formula is C22H19N3O3S. The van der Waals surface area contributed by atoms with Gasteiger partial charge in [0, 0.05) is 0 Å². The number of hydrogen-bond acceptors (Lipinski definition) is 4. The van der Waals surface area contributed by atoms with Crippen LogP contribution in [0, 0.1) is 13.8 Å². The summed E-state index contributed by atoms with van der Waals surface area (Å²) in [7, 11) is -3.69. The first-order chi connectivity index (χ1) is 13.9. The Balaban J connectivity index is 1.75. The van der Waals surface area contributed by atoms with Crippen LogP contribution >= 0.6 is 0 Å². The highest BCUT2D eigenvalue weighted by Gasteiger charge is 2.16. The summed E-state index contributed by atoms with van der Waals surface area (Å²) in [5.74, 6) is 0.561. The van der Waals surface area contributed by atoms with E-state index >= 15 is 0 Å². The van der Waals surface area contributed by atoms with E-state index in [1.807, 2.05) is 6.07 Å². The van der Waals surface area contributed by atoms with Crippen LogP contribution in [0.15, 0.2) is 82.5 Å². The van der Waals surface area contributed by atoms with Crippen LogP contribution in [0.5, 0.6) is 0 Å². The van der Waals surface area contributed by atoms with Crippen molar-refractivity contribution in [1.29, 1.82) is 0 Å². The molecule has 4 rings (SSSR count). The summed E-state index contributed by atoms with van der Waals surface area (Å²) in [5.41, 5.74) is 2.27. The second kappa shape index (κ2) is 7.18. The van der Waals surface area contributed by atoms with Gasteiger partial charge < -0.3 is 0 Å². The number of nitrogens with one attached hydrogen (secondary N) is 1. The zero-order valence-corrected chi connectivity index (χ0v) is 16.8. The van der Waals surface area contributed by atoms with Crippen LogP contribution in [0.2, 0.25) is 0 Å². The molecule has 6 nitrogen and oxygen atoms in total. The number of para-hydroxylation sites is 1. The summed E-state index contributed by atoms with van der Waals surface area (Å²) in [6, 6.07) is 20.5. The van der Waals surface area contributed by atoms with E-state index in [2.05, 4.69) is 9.71 Å². The molecule has 0 spiro atoms. The molecule has 0 bridgehead atoms. The van der Waals surface area contributed by atoms with Gasteiger partial charge in [0.1, 0.15) is 5.82 Å². The molecule has 0 amide bonds. The lowest BCUT2D eigenvalue weighted by atomic mass is 10.1. The number of nitrogens with zero attached hydrogens (tertiary/aromatic N) is 2. The third-order valence-electron chi connectivity index (χ3n) is 4.71. The Kier molecular flexibility index (Phi) is 4.68. The van der Waals surface area contributed by atoms with Crippen molar-refractivity contribution in [3.63, 3.8) is 0 Å². The fraction of sp³-hybridized carbons (Fsp3) is 0.0909. The first-order valence-corrected chi connectivity index (χ1v) is 10.5. The Hall–Kier alpha value is -3.45. The smallest absolute Gasteiger partial charge is 0.265 e. The summed E-state index contributed by atoms with van der Waals surface area (Å²) in [6.45, 7) is 3.57. The molecule has 0 aliphatic rings. The highest BCUT2D eigenvalue weighted by atomic mass is 32.2. The van der Waals surface area contributed by atoms with Crippen LogP contribution in [0.4, 0.5) is 5.69 Å². The van der Waals surface area contributed by atoms with Crippen LogP contribution in [0.25, 0.3) is 16.6 Å². The highest BCUT2D eigenvalue weighted by molar-refractivity contribution is 7.92. The van der Waals surface area contributed by atoms with Gasteiger partial charge in [-0.1, -0.05) is 30.3 Å². The number of sulfonamides is 1. The van der Waals surface area contributed by atoms with Crippen molar-refractivity contribution in [2.45, 2.75) is 18.7 Å². The minimum atomic E-state index is -3.69. The molecule has 0 atom stereocenters. The summed E-state index contributed by atoms with van der Waals surface area (Å²) >= 11 is 0. The van der Waals surface area contributed by atoms with Gasteiger partial charge in [-0.3, -0.25) is 14.1 Å². The van der Waals surface area contributed by atoms with Gasteiger partial charge in [-0.25, -0.2) is 13.4 Å². The SMILES string of the molecule is Cc1cc(-n2c(C)nc3ccccc3c2=O)ccc1NS(=O)(=O)c1ccccc1. The number of hydrogen-bond donors (Lipinski definition) is 1. The molecule has 1 heterocycles. The van der Waals surface area contributed by atoms with Crippen molar-refractivity contribution in [1.82, 2.24) is 9.55 Å². The third-order valence-corrected chi connectivity index (χ3v) is 6.09. The van der Waals surface area contributed by atoms with Crippen molar-refractivity contribution in [2.24, 2.45) is 0 Å². The molecule has 0 unspecified atom stereocenters. The van der Waals surface area contributed by atoms with Crippen molar-refractivity contribution >= 4 is 26.6 Å². The Morgan fingerprint density at radius 2 is 1.59 bits per heavy atom. The Morgan fingerprint density at radius 3 is 2.31 bits per heavy atom. The molecule has 1 N–H and O–H groups in total. The molecule has 0 saturated heterocycles. The summed E-state index contributed by atoms with van der Waals surface area (Å²) in [6.07, 6.45) is 0. The number of fused-ring (bicyclic) bond motifs is 1. The number of aryl methyl sites for hydroxylation is 2. The molecule has 0 aliphatic carbocycles. The van der Waals surface area contributed by atoms with Gasteiger partial charge in [0.25, 0.3) is 15.6 Å². The van der Waals surface area contributed by atoms with E-state index in [4.69, 9.17) is 0 Å². The molecule has 4 aromatic rings. The van der Waals surface area contributed by atoms with E-state index in [0.29, 0.717) is 33.7 Å². The lowest BCUT2D eigenvalue weighted by Crippen LogP contribution is -2.22. The van der Waals surface area contributed by atoms with Crippen LogP contribution in [0.1, 0.15) is 11.4 Å². The molecule has 7 heteroatoms. The van der Waals surface area contributed by atoms with E-state index in [1.165, 1.54) is 16.7 Å².